The molecule has 2 amide bonds. The van der Waals surface area contributed by atoms with Crippen molar-refractivity contribution in [2.75, 3.05) is 31.6 Å². The van der Waals surface area contributed by atoms with Gasteiger partial charge in [0.05, 0.1) is 24.5 Å². The van der Waals surface area contributed by atoms with E-state index < -0.39 is 0 Å². The summed E-state index contributed by atoms with van der Waals surface area (Å²) >= 11 is 0. The van der Waals surface area contributed by atoms with Gasteiger partial charge in [0.25, 0.3) is 0 Å². The summed E-state index contributed by atoms with van der Waals surface area (Å²) in [4.78, 5) is 16.4. The van der Waals surface area contributed by atoms with Gasteiger partial charge in [-0.05, 0) is 5.56 Å². The number of hydrogen-bond donors (Lipinski definition) is 2. The molecule has 1 fully saturated rings. The number of amides is 2. The molecule has 24 heavy (non-hydrogen) atoms. The molecule has 1 aliphatic heterocycles. The van der Waals surface area contributed by atoms with E-state index in [1.165, 1.54) is 5.56 Å². The lowest BCUT2D eigenvalue weighted by Crippen LogP contribution is -2.57. The first-order valence-electron chi connectivity index (χ1n) is 8.09. The minimum atomic E-state index is -0.209. The molecular weight excluding hydrogens is 306 g/mol. The largest absolute Gasteiger partial charge is 0.394 e. The second-order valence-corrected chi connectivity index (χ2v) is 6.08. The Bertz CT molecular complexity index is 673. The van der Waals surface area contributed by atoms with Crippen LogP contribution in [0.2, 0.25) is 0 Å². The zero-order chi connectivity index (χ0) is 16.9. The third-order valence-electron chi connectivity index (χ3n) is 4.24. The standard InChI is InChI=1S/C17H23N5O2/c1-20-11-15(9-18-20)19-17(24)22-8-7-21(12-16(22)13-23)10-14-5-3-2-4-6-14/h2-6,9,11,16,23H,7-8,10,12-13H2,1H3,(H,19,24). The maximum absolute atomic E-state index is 12.5. The predicted molar refractivity (Wildman–Crippen MR) is 91.5 cm³/mol. The molecule has 2 N–H and O–H groups in total. The molecule has 0 bridgehead atoms. The van der Waals surface area contributed by atoms with Crippen LogP contribution in [0.1, 0.15) is 5.56 Å². The van der Waals surface area contributed by atoms with Crippen LogP contribution in [0.15, 0.2) is 42.7 Å². The van der Waals surface area contributed by atoms with Crippen LogP contribution in [0.3, 0.4) is 0 Å². The number of aliphatic hydroxyl groups is 1. The van der Waals surface area contributed by atoms with Gasteiger partial charge in [0.2, 0.25) is 0 Å². The molecule has 0 saturated carbocycles. The fourth-order valence-electron chi connectivity index (χ4n) is 3.01. The van der Waals surface area contributed by atoms with E-state index in [9.17, 15) is 9.90 Å². The molecule has 3 rings (SSSR count). The fraction of sp³-hybridized carbons (Fsp3) is 0.412. The number of aliphatic hydroxyl groups excluding tert-OH is 1. The molecule has 1 aromatic carbocycles. The van der Waals surface area contributed by atoms with Crippen LogP contribution in [-0.4, -0.2) is 63.0 Å². The summed E-state index contributed by atoms with van der Waals surface area (Å²) in [5.41, 5.74) is 1.90. The van der Waals surface area contributed by atoms with E-state index >= 15 is 0 Å². The van der Waals surface area contributed by atoms with Crippen molar-refractivity contribution in [1.29, 1.82) is 0 Å². The van der Waals surface area contributed by atoms with E-state index in [0.29, 0.717) is 18.8 Å². The summed E-state index contributed by atoms with van der Waals surface area (Å²) in [6, 6.07) is 9.83. The Balaban J connectivity index is 1.59. The molecular formula is C17H23N5O2. The number of benzene rings is 1. The lowest BCUT2D eigenvalue weighted by atomic mass is 10.1. The summed E-state index contributed by atoms with van der Waals surface area (Å²) in [6.07, 6.45) is 3.36. The molecule has 1 saturated heterocycles. The minimum Gasteiger partial charge on any atom is -0.394 e. The van der Waals surface area contributed by atoms with Gasteiger partial charge in [-0.2, -0.15) is 5.10 Å². The first-order valence-corrected chi connectivity index (χ1v) is 8.09. The minimum absolute atomic E-state index is 0.0499. The molecule has 1 aliphatic rings. The third-order valence-corrected chi connectivity index (χ3v) is 4.24. The molecule has 128 valence electrons. The van der Waals surface area contributed by atoms with Gasteiger partial charge >= 0.3 is 6.03 Å². The van der Waals surface area contributed by atoms with Crippen molar-refractivity contribution in [3.8, 4) is 0 Å². The molecule has 7 heteroatoms. The van der Waals surface area contributed by atoms with Crippen LogP contribution < -0.4 is 5.32 Å². The number of carbonyl (C=O) groups is 1. The van der Waals surface area contributed by atoms with Gasteiger partial charge in [-0.1, -0.05) is 30.3 Å². The SMILES string of the molecule is Cn1cc(NC(=O)N2CCN(Cc3ccccc3)CC2CO)cn1. The van der Waals surface area contributed by atoms with Gasteiger partial charge in [0, 0.05) is 39.4 Å². The molecule has 1 aromatic heterocycles. The highest BCUT2D eigenvalue weighted by Crippen LogP contribution is 2.15. The summed E-state index contributed by atoms with van der Waals surface area (Å²) < 4.78 is 1.64. The molecule has 7 nitrogen and oxygen atoms in total. The van der Waals surface area contributed by atoms with Crippen LogP contribution in [-0.2, 0) is 13.6 Å². The van der Waals surface area contributed by atoms with Crippen LogP contribution in [0.25, 0.3) is 0 Å². The maximum atomic E-state index is 12.5. The third kappa shape index (κ3) is 3.93. The Labute approximate surface area is 141 Å². The lowest BCUT2D eigenvalue weighted by molar-refractivity contribution is 0.0623. The number of nitrogens with zero attached hydrogens (tertiary/aromatic N) is 4. The molecule has 2 heterocycles. The van der Waals surface area contributed by atoms with Crippen molar-refractivity contribution in [2.45, 2.75) is 12.6 Å². The first kappa shape index (κ1) is 16.5. The average Bonchev–Trinajstić information content (AvgIpc) is 3.00. The van der Waals surface area contributed by atoms with Crippen molar-refractivity contribution in [3.05, 3.63) is 48.3 Å². The highest BCUT2D eigenvalue weighted by Gasteiger charge is 2.30. The molecule has 0 aliphatic carbocycles. The summed E-state index contributed by atoms with van der Waals surface area (Å²) in [6.45, 7) is 2.81. The topological polar surface area (TPSA) is 73.6 Å². The lowest BCUT2D eigenvalue weighted by Gasteiger charge is -2.40. The Hall–Kier alpha value is -2.38. The number of carbonyl (C=O) groups excluding carboxylic acids is 1. The highest BCUT2D eigenvalue weighted by molar-refractivity contribution is 5.89. The van der Waals surface area contributed by atoms with E-state index in [-0.39, 0.29) is 18.7 Å². The second-order valence-electron chi connectivity index (χ2n) is 6.08. The predicted octanol–water partition coefficient (Wildman–Crippen LogP) is 1.13. The molecule has 2 aromatic rings. The van der Waals surface area contributed by atoms with Crippen LogP contribution in [0.5, 0.6) is 0 Å². The molecule has 1 atom stereocenters. The van der Waals surface area contributed by atoms with Crippen molar-refractivity contribution < 1.29 is 9.90 Å². The second kappa shape index (κ2) is 7.46. The van der Waals surface area contributed by atoms with Crippen molar-refractivity contribution in [2.24, 2.45) is 7.05 Å². The van der Waals surface area contributed by atoms with Gasteiger partial charge in [-0.15, -0.1) is 0 Å². The smallest absolute Gasteiger partial charge is 0.322 e. The van der Waals surface area contributed by atoms with Crippen LogP contribution in [0, 0.1) is 0 Å². The summed E-state index contributed by atoms with van der Waals surface area (Å²) in [5.74, 6) is 0. The quantitative estimate of drug-likeness (QED) is 0.882. The van der Waals surface area contributed by atoms with Gasteiger partial charge in [-0.3, -0.25) is 9.58 Å². The Morgan fingerprint density at radius 2 is 2.12 bits per heavy atom. The van der Waals surface area contributed by atoms with E-state index in [1.54, 1.807) is 29.0 Å². The average molecular weight is 329 g/mol. The van der Waals surface area contributed by atoms with Crippen LogP contribution in [0.4, 0.5) is 10.5 Å². The zero-order valence-electron chi connectivity index (χ0n) is 13.8. The fourth-order valence-corrected chi connectivity index (χ4v) is 3.01. The Morgan fingerprint density at radius 1 is 1.33 bits per heavy atom. The van der Waals surface area contributed by atoms with Crippen molar-refractivity contribution >= 4 is 11.7 Å². The Kier molecular flexibility index (Phi) is 5.12. The number of aromatic nitrogens is 2. The van der Waals surface area contributed by atoms with Crippen molar-refractivity contribution in [1.82, 2.24) is 19.6 Å². The van der Waals surface area contributed by atoms with Gasteiger partial charge < -0.3 is 15.3 Å². The van der Waals surface area contributed by atoms with E-state index in [0.717, 1.165) is 13.1 Å². The van der Waals surface area contributed by atoms with Gasteiger partial charge in [-0.25, -0.2) is 4.79 Å². The number of rotatable bonds is 4. The normalized spacial score (nSPS) is 18.6. The molecule has 1 unspecified atom stereocenters. The number of nitrogens with one attached hydrogen (secondary N) is 1. The molecule has 0 spiro atoms. The highest BCUT2D eigenvalue weighted by atomic mass is 16.3. The maximum Gasteiger partial charge on any atom is 0.322 e. The number of urea groups is 1. The van der Waals surface area contributed by atoms with Gasteiger partial charge in [0.1, 0.15) is 0 Å². The van der Waals surface area contributed by atoms with Gasteiger partial charge in [0.15, 0.2) is 0 Å². The van der Waals surface area contributed by atoms with E-state index in [1.807, 2.05) is 18.2 Å². The van der Waals surface area contributed by atoms with E-state index in [2.05, 4.69) is 27.4 Å². The number of hydrogen-bond acceptors (Lipinski definition) is 4. The molecule has 0 radical (unpaired) electrons. The summed E-state index contributed by atoms with van der Waals surface area (Å²) in [5, 5.41) is 16.6. The number of piperazine rings is 1. The zero-order valence-corrected chi connectivity index (χ0v) is 13.8. The monoisotopic (exact) mass is 329 g/mol. The first-order chi connectivity index (χ1) is 11.7. The Morgan fingerprint density at radius 3 is 2.79 bits per heavy atom. The van der Waals surface area contributed by atoms with Crippen LogP contribution >= 0.6 is 0 Å². The number of anilines is 1. The number of aryl methyl sites for hydroxylation is 1. The van der Waals surface area contributed by atoms with E-state index in [4.69, 9.17) is 0 Å². The summed E-state index contributed by atoms with van der Waals surface area (Å²) in [7, 11) is 1.80. The van der Waals surface area contributed by atoms with Crippen molar-refractivity contribution in [3.63, 3.8) is 0 Å².